The fourth-order valence-electron chi connectivity index (χ4n) is 2.10. The Kier molecular flexibility index (Phi) is 8.38. The van der Waals surface area contributed by atoms with Crippen LogP contribution in [-0.2, 0) is 22.7 Å². The molecule has 13 heteroatoms. The molecule has 0 spiro atoms. The molecule has 8 nitrogen and oxygen atoms in total. The van der Waals surface area contributed by atoms with Crippen molar-refractivity contribution >= 4 is 28.3 Å². The first kappa shape index (κ1) is 24.6. The minimum absolute atomic E-state index is 0. The van der Waals surface area contributed by atoms with Crippen molar-refractivity contribution in [3.05, 3.63) is 53.2 Å². The van der Waals surface area contributed by atoms with E-state index in [4.69, 9.17) is 15.6 Å². The number of ether oxygens (including phenoxy) is 1. The molecule has 0 bridgehead atoms. The van der Waals surface area contributed by atoms with E-state index in [1.807, 2.05) is 0 Å². The molecule has 0 unspecified atom stereocenters. The van der Waals surface area contributed by atoms with Gasteiger partial charge in [-0.05, 0) is 29.8 Å². The molecule has 0 saturated heterocycles. The first-order valence-corrected chi connectivity index (χ1v) is 9.54. The maximum atomic E-state index is 12.9. The number of pyridine rings is 1. The van der Waals surface area contributed by atoms with Gasteiger partial charge in [-0.2, -0.15) is 13.2 Å². The standard InChI is InChI=1S/C16H17F3N4O4S.ClH/c17-16(18,19)13-6-10(9-20)7-14(23-13)27-12-3-1-2-11(8-12)15(24)22-4-5-28(21,25)26;/h1-3,6-8H,4-5,9,20H2,(H,22,24)(H2,21,25,26);1H. The number of hydrogen-bond acceptors (Lipinski definition) is 6. The lowest BCUT2D eigenvalue weighted by Crippen LogP contribution is -2.31. The zero-order valence-corrected chi connectivity index (χ0v) is 16.4. The largest absolute Gasteiger partial charge is 0.439 e. The van der Waals surface area contributed by atoms with Gasteiger partial charge in [-0.25, -0.2) is 18.5 Å². The molecule has 1 aromatic carbocycles. The van der Waals surface area contributed by atoms with Crippen LogP contribution in [0.3, 0.4) is 0 Å². The summed E-state index contributed by atoms with van der Waals surface area (Å²) in [4.78, 5) is 15.5. The Balaban J connectivity index is 0.00000420. The predicted octanol–water partition coefficient (Wildman–Crippen LogP) is 1.79. The highest BCUT2D eigenvalue weighted by atomic mass is 35.5. The lowest BCUT2D eigenvalue weighted by Gasteiger charge is -2.12. The summed E-state index contributed by atoms with van der Waals surface area (Å²) in [5.74, 6) is -1.31. The molecule has 5 N–H and O–H groups in total. The van der Waals surface area contributed by atoms with Gasteiger partial charge in [0.1, 0.15) is 11.4 Å². The summed E-state index contributed by atoms with van der Waals surface area (Å²) >= 11 is 0. The molecule has 160 valence electrons. The van der Waals surface area contributed by atoms with Gasteiger partial charge in [0.05, 0.1) is 5.75 Å². The van der Waals surface area contributed by atoms with E-state index in [-0.39, 0.29) is 48.3 Å². The third-order valence-corrected chi connectivity index (χ3v) is 4.15. The lowest BCUT2D eigenvalue weighted by atomic mass is 10.2. The molecule has 0 saturated carbocycles. The van der Waals surface area contributed by atoms with Crippen molar-refractivity contribution < 1.29 is 31.1 Å². The Morgan fingerprint density at radius 2 is 1.90 bits per heavy atom. The summed E-state index contributed by atoms with van der Waals surface area (Å²) in [5.41, 5.74) is 4.54. The van der Waals surface area contributed by atoms with Crippen molar-refractivity contribution in [2.24, 2.45) is 10.9 Å². The Morgan fingerprint density at radius 1 is 1.21 bits per heavy atom. The number of primary sulfonamides is 1. The van der Waals surface area contributed by atoms with Crippen molar-refractivity contribution in [1.29, 1.82) is 0 Å². The molecule has 1 amide bonds. The summed E-state index contributed by atoms with van der Waals surface area (Å²) in [6, 6.07) is 7.64. The van der Waals surface area contributed by atoms with Gasteiger partial charge in [0.2, 0.25) is 15.9 Å². The number of nitrogens with two attached hydrogens (primary N) is 2. The third kappa shape index (κ3) is 7.85. The van der Waals surface area contributed by atoms with Crippen LogP contribution in [0, 0.1) is 0 Å². The maximum Gasteiger partial charge on any atom is 0.433 e. The van der Waals surface area contributed by atoms with E-state index in [1.54, 1.807) is 0 Å². The summed E-state index contributed by atoms with van der Waals surface area (Å²) in [6.45, 7) is -0.341. The third-order valence-electron chi connectivity index (χ3n) is 3.38. The number of aromatic nitrogens is 1. The van der Waals surface area contributed by atoms with Crippen molar-refractivity contribution in [2.45, 2.75) is 12.7 Å². The van der Waals surface area contributed by atoms with Crippen LogP contribution in [0.15, 0.2) is 36.4 Å². The van der Waals surface area contributed by atoms with Crippen molar-refractivity contribution in [1.82, 2.24) is 10.3 Å². The minimum Gasteiger partial charge on any atom is -0.439 e. The normalized spacial score (nSPS) is 11.5. The van der Waals surface area contributed by atoms with Crippen LogP contribution < -0.4 is 20.9 Å². The van der Waals surface area contributed by atoms with Gasteiger partial charge in [0.25, 0.3) is 5.91 Å². The number of nitrogens with zero attached hydrogens (tertiary/aromatic N) is 1. The van der Waals surface area contributed by atoms with Crippen molar-refractivity contribution in [3.63, 3.8) is 0 Å². The van der Waals surface area contributed by atoms with Crippen molar-refractivity contribution in [2.75, 3.05) is 12.3 Å². The second kappa shape index (κ2) is 9.87. The van der Waals surface area contributed by atoms with Crippen molar-refractivity contribution in [3.8, 4) is 11.6 Å². The molecule has 2 rings (SSSR count). The van der Waals surface area contributed by atoms with Gasteiger partial charge in [-0.3, -0.25) is 4.79 Å². The van der Waals surface area contributed by atoms with E-state index < -0.39 is 33.6 Å². The molecule has 0 radical (unpaired) electrons. The number of hydrogen-bond donors (Lipinski definition) is 3. The van der Waals surface area contributed by atoms with E-state index in [1.165, 1.54) is 30.3 Å². The number of rotatable bonds is 7. The van der Waals surface area contributed by atoms with Crippen LogP contribution in [0.1, 0.15) is 21.6 Å². The molecule has 2 aromatic rings. The number of halogens is 4. The Morgan fingerprint density at radius 3 is 2.48 bits per heavy atom. The highest BCUT2D eigenvalue weighted by Crippen LogP contribution is 2.31. The van der Waals surface area contributed by atoms with Crippen LogP contribution in [0.5, 0.6) is 11.6 Å². The molecular weight excluding hydrogens is 437 g/mol. The number of nitrogens with one attached hydrogen (secondary N) is 1. The first-order valence-electron chi connectivity index (χ1n) is 7.83. The molecule has 0 aliphatic carbocycles. The molecule has 0 aliphatic heterocycles. The average molecular weight is 455 g/mol. The van der Waals surface area contributed by atoms with Crippen LogP contribution in [0.2, 0.25) is 0 Å². The number of amides is 1. The molecule has 1 heterocycles. The van der Waals surface area contributed by atoms with E-state index in [0.29, 0.717) is 0 Å². The SMILES string of the molecule is Cl.NCc1cc(Oc2cccc(C(=O)NCCS(N)(=O)=O)c2)nc(C(F)(F)F)c1. The highest BCUT2D eigenvalue weighted by Gasteiger charge is 2.33. The smallest absolute Gasteiger partial charge is 0.433 e. The zero-order chi connectivity index (χ0) is 20.9. The number of benzene rings is 1. The second-order valence-electron chi connectivity index (χ2n) is 5.65. The number of carbonyl (C=O) groups excluding carboxylic acids is 1. The molecule has 1 aromatic heterocycles. The first-order chi connectivity index (χ1) is 13.0. The number of sulfonamides is 1. The van der Waals surface area contributed by atoms with Crippen LogP contribution >= 0.6 is 12.4 Å². The van der Waals surface area contributed by atoms with Crippen LogP contribution in [0.4, 0.5) is 13.2 Å². The highest BCUT2D eigenvalue weighted by molar-refractivity contribution is 7.89. The van der Waals surface area contributed by atoms with E-state index in [2.05, 4.69) is 10.3 Å². The average Bonchev–Trinajstić information content (AvgIpc) is 2.59. The second-order valence-corrected chi connectivity index (χ2v) is 7.39. The summed E-state index contributed by atoms with van der Waals surface area (Å²) in [5, 5.41) is 7.20. The molecule has 0 fully saturated rings. The molecular formula is C16H18ClF3N4O4S. The lowest BCUT2D eigenvalue weighted by molar-refractivity contribution is -0.141. The Hall–Kier alpha value is -2.41. The Labute approximate surface area is 170 Å². The fraction of sp³-hybridized carbons (Fsp3) is 0.250. The summed E-state index contributed by atoms with van der Waals surface area (Å²) < 4.78 is 65.9. The van der Waals surface area contributed by atoms with Crippen LogP contribution in [0.25, 0.3) is 0 Å². The fourth-order valence-corrected chi connectivity index (χ4v) is 2.49. The Bertz CT molecular complexity index is 971. The van der Waals surface area contributed by atoms with Gasteiger partial charge in [-0.15, -0.1) is 12.4 Å². The van der Waals surface area contributed by atoms with Gasteiger partial charge >= 0.3 is 6.18 Å². The maximum absolute atomic E-state index is 12.9. The molecule has 29 heavy (non-hydrogen) atoms. The van der Waals surface area contributed by atoms with Crippen LogP contribution in [-0.4, -0.2) is 31.6 Å². The molecule has 0 aliphatic rings. The van der Waals surface area contributed by atoms with E-state index in [0.717, 1.165) is 6.07 Å². The summed E-state index contributed by atoms with van der Waals surface area (Å²) in [7, 11) is -3.72. The van der Waals surface area contributed by atoms with Gasteiger partial charge in [-0.1, -0.05) is 6.07 Å². The topological polar surface area (TPSA) is 137 Å². The van der Waals surface area contributed by atoms with E-state index >= 15 is 0 Å². The summed E-state index contributed by atoms with van der Waals surface area (Å²) in [6.07, 6.45) is -4.67. The van der Waals surface area contributed by atoms with E-state index in [9.17, 15) is 26.4 Å². The van der Waals surface area contributed by atoms with Gasteiger partial charge in [0.15, 0.2) is 0 Å². The monoisotopic (exact) mass is 454 g/mol. The number of alkyl halides is 3. The zero-order valence-electron chi connectivity index (χ0n) is 14.8. The predicted molar refractivity (Wildman–Crippen MR) is 101 cm³/mol. The van der Waals surface area contributed by atoms with Gasteiger partial charge in [0, 0.05) is 24.7 Å². The molecule has 0 atom stereocenters. The minimum atomic E-state index is -4.67. The number of carbonyl (C=O) groups is 1. The quantitative estimate of drug-likeness (QED) is 0.583. The van der Waals surface area contributed by atoms with Gasteiger partial charge < -0.3 is 15.8 Å².